The lowest BCUT2D eigenvalue weighted by Crippen LogP contribution is -2.35. The fourth-order valence-corrected chi connectivity index (χ4v) is 2.99. The number of sulfonamides is 1. The highest BCUT2D eigenvalue weighted by molar-refractivity contribution is 7.92. The number of nitrogens with zero attached hydrogens (tertiary/aromatic N) is 2. The van der Waals surface area contributed by atoms with Crippen molar-refractivity contribution in [3.05, 3.63) is 29.8 Å². The first kappa shape index (κ1) is 20.3. The number of hydrogen-bond acceptors (Lipinski definition) is 4. The Hall–Kier alpha value is -1.74. The van der Waals surface area contributed by atoms with Gasteiger partial charge in [0, 0.05) is 25.6 Å². The van der Waals surface area contributed by atoms with E-state index in [1.165, 1.54) is 0 Å². The molecule has 0 saturated carbocycles. The monoisotopic (exact) mass is 363 g/mol. The number of halogens is 2. The summed E-state index contributed by atoms with van der Waals surface area (Å²) in [5, 5.41) is 2.68. The second-order valence-electron chi connectivity index (χ2n) is 5.69. The third-order valence-electron chi connectivity index (χ3n) is 3.22. The molecule has 0 bridgehead atoms. The number of carbonyl (C=O) groups excluding carboxylic acids is 1. The highest BCUT2D eigenvalue weighted by Crippen LogP contribution is 2.22. The number of amides is 1. The Labute approximate surface area is 141 Å². The van der Waals surface area contributed by atoms with Crippen molar-refractivity contribution in [2.45, 2.75) is 12.8 Å². The van der Waals surface area contributed by atoms with E-state index in [4.69, 9.17) is 0 Å². The largest absolute Gasteiger partial charge is 0.356 e. The predicted octanol–water partition coefficient (Wildman–Crippen LogP) is 1.19. The summed E-state index contributed by atoms with van der Waals surface area (Å²) in [6, 6.07) is 2.62. The van der Waals surface area contributed by atoms with Gasteiger partial charge in [0.05, 0.1) is 11.9 Å². The van der Waals surface area contributed by atoms with Crippen LogP contribution in [-0.4, -0.2) is 59.2 Å². The molecule has 0 saturated heterocycles. The molecule has 136 valence electrons. The maximum Gasteiger partial charge on any atom is 0.232 e. The van der Waals surface area contributed by atoms with Gasteiger partial charge in [-0.1, -0.05) is 0 Å². The Morgan fingerprint density at radius 3 is 2.42 bits per heavy atom. The molecule has 24 heavy (non-hydrogen) atoms. The molecule has 0 aliphatic rings. The normalized spacial score (nSPS) is 11.6. The lowest BCUT2D eigenvalue weighted by atomic mass is 10.3. The second-order valence-corrected chi connectivity index (χ2v) is 7.59. The molecule has 0 aromatic heterocycles. The van der Waals surface area contributed by atoms with Crippen LogP contribution in [0.25, 0.3) is 0 Å². The van der Waals surface area contributed by atoms with Crippen molar-refractivity contribution >= 4 is 21.6 Å². The van der Waals surface area contributed by atoms with Crippen molar-refractivity contribution in [2.75, 3.05) is 44.3 Å². The van der Waals surface area contributed by atoms with Crippen molar-refractivity contribution in [2.24, 2.45) is 0 Å². The van der Waals surface area contributed by atoms with Crippen LogP contribution in [0.2, 0.25) is 0 Å². The molecule has 0 atom stereocenters. The first-order chi connectivity index (χ1) is 11.1. The van der Waals surface area contributed by atoms with Crippen LogP contribution in [0, 0.1) is 11.6 Å². The highest BCUT2D eigenvalue weighted by atomic mass is 32.2. The third kappa shape index (κ3) is 6.79. The molecular formula is C15H23F2N3O3S. The average Bonchev–Trinajstić information content (AvgIpc) is 2.44. The molecule has 0 spiro atoms. The number of nitrogens with one attached hydrogen (secondary N) is 1. The van der Waals surface area contributed by atoms with Crippen molar-refractivity contribution in [1.82, 2.24) is 10.2 Å². The minimum Gasteiger partial charge on any atom is -0.356 e. The Bertz CT molecular complexity index is 666. The third-order valence-corrected chi connectivity index (χ3v) is 4.40. The predicted molar refractivity (Wildman–Crippen MR) is 89.3 cm³/mol. The van der Waals surface area contributed by atoms with Gasteiger partial charge in [0.1, 0.15) is 11.6 Å². The minimum atomic E-state index is -3.80. The van der Waals surface area contributed by atoms with Crippen LogP contribution in [0.5, 0.6) is 0 Å². The molecule has 1 amide bonds. The lowest BCUT2D eigenvalue weighted by molar-refractivity contribution is -0.120. The van der Waals surface area contributed by atoms with Crippen LogP contribution in [0.4, 0.5) is 14.5 Å². The highest BCUT2D eigenvalue weighted by Gasteiger charge is 2.22. The van der Waals surface area contributed by atoms with Gasteiger partial charge in [-0.2, -0.15) is 0 Å². The van der Waals surface area contributed by atoms with E-state index >= 15 is 0 Å². The molecule has 6 nitrogen and oxygen atoms in total. The van der Waals surface area contributed by atoms with E-state index in [0.717, 1.165) is 35.7 Å². The quantitative estimate of drug-likeness (QED) is 0.669. The maximum atomic E-state index is 13.8. The van der Waals surface area contributed by atoms with Crippen molar-refractivity contribution < 1.29 is 22.0 Å². The van der Waals surface area contributed by atoms with E-state index in [0.29, 0.717) is 12.6 Å². The second kappa shape index (κ2) is 8.93. The molecule has 0 heterocycles. The zero-order valence-corrected chi connectivity index (χ0v) is 14.9. The average molecular weight is 363 g/mol. The van der Waals surface area contributed by atoms with Gasteiger partial charge >= 0.3 is 0 Å². The van der Waals surface area contributed by atoms with Crippen LogP contribution in [0.1, 0.15) is 12.8 Å². The molecule has 1 rings (SSSR count). The molecule has 0 fully saturated rings. The SMILES string of the molecule is CN(C)CCCNC(=O)CCN(c1ccc(F)cc1F)S(C)(=O)=O. The first-order valence-corrected chi connectivity index (χ1v) is 9.30. The van der Waals surface area contributed by atoms with Gasteiger partial charge in [0.15, 0.2) is 0 Å². The van der Waals surface area contributed by atoms with E-state index in [2.05, 4.69) is 5.32 Å². The van der Waals surface area contributed by atoms with E-state index in [1.807, 2.05) is 19.0 Å². The summed E-state index contributed by atoms with van der Waals surface area (Å²) in [7, 11) is 0.0382. The first-order valence-electron chi connectivity index (χ1n) is 7.45. The maximum absolute atomic E-state index is 13.8. The fourth-order valence-electron chi connectivity index (χ4n) is 2.06. The Balaban J connectivity index is 2.67. The smallest absolute Gasteiger partial charge is 0.232 e. The summed E-state index contributed by atoms with van der Waals surface area (Å²) in [5.41, 5.74) is -0.278. The Kier molecular flexibility index (Phi) is 7.56. The fraction of sp³-hybridized carbons (Fsp3) is 0.533. The molecule has 1 aromatic rings. The minimum absolute atomic E-state index is 0.119. The van der Waals surface area contributed by atoms with Crippen LogP contribution >= 0.6 is 0 Å². The van der Waals surface area contributed by atoms with Crippen molar-refractivity contribution in [3.63, 3.8) is 0 Å². The standard InChI is InChI=1S/C15H23F2N3O3S/c1-19(2)9-4-8-18-15(21)7-10-20(24(3,22)23)14-6-5-12(16)11-13(14)17/h5-6,11H,4,7-10H2,1-3H3,(H,18,21). The molecule has 0 aliphatic heterocycles. The molecular weight excluding hydrogens is 340 g/mol. The van der Waals surface area contributed by atoms with Crippen LogP contribution in [-0.2, 0) is 14.8 Å². The van der Waals surface area contributed by atoms with Gasteiger partial charge in [-0.05, 0) is 39.2 Å². The topological polar surface area (TPSA) is 69.7 Å². The van der Waals surface area contributed by atoms with Crippen molar-refractivity contribution in [1.29, 1.82) is 0 Å². The molecule has 1 aromatic carbocycles. The molecule has 1 N–H and O–H groups in total. The van der Waals surface area contributed by atoms with E-state index in [-0.39, 0.29) is 24.6 Å². The molecule has 0 aliphatic carbocycles. The van der Waals surface area contributed by atoms with Crippen molar-refractivity contribution in [3.8, 4) is 0 Å². The van der Waals surface area contributed by atoms with E-state index < -0.39 is 21.7 Å². The summed E-state index contributed by atoms with van der Waals surface area (Å²) in [5.74, 6) is -2.12. The Morgan fingerprint density at radius 1 is 1.21 bits per heavy atom. The summed E-state index contributed by atoms with van der Waals surface area (Å²) < 4.78 is 51.3. The lowest BCUT2D eigenvalue weighted by Gasteiger charge is -2.22. The number of hydrogen-bond donors (Lipinski definition) is 1. The van der Waals surface area contributed by atoms with Gasteiger partial charge in [0.2, 0.25) is 15.9 Å². The van der Waals surface area contributed by atoms with Gasteiger partial charge < -0.3 is 10.2 Å². The number of rotatable bonds is 9. The number of carbonyl (C=O) groups is 1. The van der Waals surface area contributed by atoms with Gasteiger partial charge in [-0.15, -0.1) is 0 Å². The summed E-state index contributed by atoms with van der Waals surface area (Å²) in [4.78, 5) is 13.8. The van der Waals surface area contributed by atoms with Gasteiger partial charge in [-0.25, -0.2) is 17.2 Å². The summed E-state index contributed by atoms with van der Waals surface area (Å²) >= 11 is 0. The van der Waals surface area contributed by atoms with Gasteiger partial charge in [-0.3, -0.25) is 9.10 Å². The number of benzene rings is 1. The van der Waals surface area contributed by atoms with Crippen LogP contribution < -0.4 is 9.62 Å². The van der Waals surface area contributed by atoms with E-state index in [1.54, 1.807) is 0 Å². The summed E-state index contributed by atoms with van der Waals surface area (Å²) in [6.45, 7) is 1.07. The van der Waals surface area contributed by atoms with Crippen LogP contribution in [0.15, 0.2) is 18.2 Å². The number of anilines is 1. The molecule has 0 unspecified atom stereocenters. The summed E-state index contributed by atoms with van der Waals surface area (Å²) in [6.07, 6.45) is 1.55. The Morgan fingerprint density at radius 2 is 1.88 bits per heavy atom. The van der Waals surface area contributed by atoms with Gasteiger partial charge in [0.25, 0.3) is 0 Å². The molecule has 9 heteroatoms. The zero-order valence-electron chi connectivity index (χ0n) is 14.1. The van der Waals surface area contributed by atoms with Crippen LogP contribution in [0.3, 0.4) is 0 Å². The van der Waals surface area contributed by atoms with E-state index in [9.17, 15) is 22.0 Å². The zero-order chi connectivity index (χ0) is 18.3. The molecule has 0 radical (unpaired) electrons.